The van der Waals surface area contributed by atoms with Crippen LogP contribution < -0.4 is 129 Å². The summed E-state index contributed by atoms with van der Waals surface area (Å²) < 4.78 is 0. The van der Waals surface area contributed by atoms with Gasteiger partial charge in [0.1, 0.15) is 90.6 Å². The first-order valence-electron chi connectivity index (χ1n) is 45.0. The zero-order valence-corrected chi connectivity index (χ0v) is 78.7. The third-order valence-electron chi connectivity index (χ3n) is 21.6. The average molecular weight is 1980 g/mol. The van der Waals surface area contributed by atoms with Gasteiger partial charge in [0.25, 0.3) is 0 Å². The van der Waals surface area contributed by atoms with Crippen molar-refractivity contribution in [2.24, 2.45) is 34.8 Å². The quantitative estimate of drug-likeness (QED) is 0.0116. The molecule has 0 saturated carbocycles. The average Bonchev–Trinajstić information content (AvgIpc) is 1.66. The van der Waals surface area contributed by atoms with Crippen molar-refractivity contribution in [3.05, 3.63) is 0 Å². The maximum Gasteiger partial charge on any atom is 0.326 e. The number of urea groups is 1. The minimum atomic E-state index is -2.18. The van der Waals surface area contributed by atoms with E-state index in [4.69, 9.17) is 39.2 Å². The fourth-order valence-electron chi connectivity index (χ4n) is 14.4. The van der Waals surface area contributed by atoms with Gasteiger partial charge in [-0.25, -0.2) is 9.59 Å². The van der Waals surface area contributed by atoms with Crippen molar-refractivity contribution in [3.63, 3.8) is 0 Å². The fourth-order valence-corrected chi connectivity index (χ4v) is 16.0. The molecule has 0 bridgehead atoms. The number of amides is 19. The molecule has 3 rings (SSSR count). The third kappa shape index (κ3) is 44.4. The van der Waals surface area contributed by atoms with Crippen molar-refractivity contribution in [2.75, 3.05) is 51.7 Å². The number of carbonyl (C=O) groups excluding carboxylic acids is 18. The van der Waals surface area contributed by atoms with E-state index in [9.17, 15) is 136 Å². The van der Waals surface area contributed by atoms with Gasteiger partial charge in [-0.1, -0.05) is 34.1 Å². The van der Waals surface area contributed by atoms with Crippen molar-refractivity contribution in [1.82, 2.24) is 111 Å². The molecular formula is C81H136N28O28S. The number of fused-ring (bicyclic) bond motifs is 1. The van der Waals surface area contributed by atoms with Crippen LogP contribution in [0.3, 0.4) is 0 Å². The molecular weight excluding hydrogens is 1850 g/mol. The third-order valence-corrected chi connectivity index (χ3v) is 23.2. The highest BCUT2D eigenvalue weighted by molar-refractivity contribution is 8.00. The second kappa shape index (κ2) is 60.6. The molecule has 3 fully saturated rings. The molecule has 0 aromatic carbocycles. The van der Waals surface area contributed by atoms with Gasteiger partial charge in [-0.2, -0.15) is 11.8 Å². The minimum absolute atomic E-state index is 0.00221. The molecule has 0 aliphatic carbocycles. The Labute approximate surface area is 798 Å². The van der Waals surface area contributed by atoms with Crippen LogP contribution in [0.25, 0.3) is 0 Å². The summed E-state index contributed by atoms with van der Waals surface area (Å²) in [5.74, 6) is -25.7. The lowest BCUT2D eigenvalue weighted by Gasteiger charge is -2.29. The number of thioether (sulfide) groups is 1. The van der Waals surface area contributed by atoms with Crippen molar-refractivity contribution < 1.29 is 136 Å². The van der Waals surface area contributed by atoms with E-state index in [-0.39, 0.29) is 138 Å². The van der Waals surface area contributed by atoms with Crippen molar-refractivity contribution in [1.29, 1.82) is 16.2 Å². The summed E-state index contributed by atoms with van der Waals surface area (Å²) in [5.41, 5.74) is 21.6. The summed E-state index contributed by atoms with van der Waals surface area (Å²) in [4.78, 5) is 295. The topological polar surface area (TPSA) is 916 Å². The molecule has 3 aliphatic heterocycles. The first-order chi connectivity index (χ1) is 64.8. The SMILES string of the molecule is CC(C)C[C@H](NC(=O)[C@H](CCC(N)=O)NC(=O)[C@@H]1CCCN1C(=O)[C@H](CO)NC(=O)CNC(=O)[C@H](C)NC(=O)[C@H](CCCNC(=N)N)NC(=O)[C@H](CO)NC(=O)[C@H](CC(=O)O)NC(=O)[C@H](CC(C)C)NC(=O)[C@H](CCC(=O)O)NC(=O)[C@H](CCC(=O)O)NC(=O)[C@H](C)NC(=O)[C@H](C)NC(=O)[C@H](CCCNC(=N)N)NC(=O)[C@H](CCCNC(=N)N)NC(=O)CCCC[C@@H]1SC[C@@H]2NC(=O)N[C@@H]21)C(=O)O. The number of nitrogens with zero attached hydrogens (tertiary/aromatic N) is 1. The Morgan fingerprint density at radius 3 is 1.25 bits per heavy atom. The maximum atomic E-state index is 14.3. The normalized spacial score (nSPS) is 17.6. The lowest BCUT2D eigenvalue weighted by molar-refractivity contribution is -0.144. The fraction of sp³-hybridized carbons (Fsp3) is 0.691. The molecule has 0 aromatic heterocycles. The number of carboxylic acid groups (broad SMARTS) is 4. The Balaban J connectivity index is 1.77. The van der Waals surface area contributed by atoms with Crippen LogP contribution in [0.4, 0.5) is 4.79 Å². The van der Waals surface area contributed by atoms with E-state index in [0.717, 1.165) is 24.5 Å². The van der Waals surface area contributed by atoms with E-state index in [1.807, 2.05) is 0 Å². The predicted octanol–water partition coefficient (Wildman–Crippen LogP) is -10.9. The van der Waals surface area contributed by atoms with Gasteiger partial charge < -0.3 is 165 Å². The lowest BCUT2D eigenvalue weighted by Crippen LogP contribution is -2.61. The molecule has 37 N–H and O–H groups in total. The number of nitrogens with one attached hydrogen (secondary N) is 23. The Hall–Kier alpha value is -13.8. The molecule has 56 nitrogen and oxygen atoms in total. The molecule has 18 atom stereocenters. The van der Waals surface area contributed by atoms with E-state index in [0.29, 0.717) is 19.3 Å². The number of carbonyl (C=O) groups is 22. The van der Waals surface area contributed by atoms with E-state index in [1.54, 1.807) is 25.6 Å². The number of unbranched alkanes of at least 4 members (excludes halogenated alkanes) is 1. The maximum absolute atomic E-state index is 14.3. The Morgan fingerprint density at radius 1 is 0.406 bits per heavy atom. The highest BCUT2D eigenvalue weighted by Crippen LogP contribution is 2.33. The van der Waals surface area contributed by atoms with Gasteiger partial charge in [0.15, 0.2) is 17.9 Å². The number of rotatable bonds is 65. The second-order valence-electron chi connectivity index (χ2n) is 34.1. The second-order valence-corrected chi connectivity index (χ2v) is 35.4. The summed E-state index contributed by atoms with van der Waals surface area (Å²) in [7, 11) is 0. The summed E-state index contributed by atoms with van der Waals surface area (Å²) in [6.07, 6.45) is -3.93. The largest absolute Gasteiger partial charge is 0.481 e. The molecule has 3 heterocycles. The van der Waals surface area contributed by atoms with Crippen LogP contribution in [0, 0.1) is 28.1 Å². The molecule has 0 unspecified atom stereocenters. The predicted molar refractivity (Wildman–Crippen MR) is 488 cm³/mol. The number of likely N-dealkylation sites (tertiary alicyclic amines) is 1. The molecule has 3 saturated heterocycles. The molecule has 0 spiro atoms. The number of guanidine groups is 3. The lowest BCUT2D eigenvalue weighted by atomic mass is 10.0. The zero-order valence-electron chi connectivity index (χ0n) is 77.9. The molecule has 57 heteroatoms. The number of aliphatic hydroxyl groups excluding tert-OH is 2. The van der Waals surface area contributed by atoms with Crippen LogP contribution in [0.15, 0.2) is 0 Å². The van der Waals surface area contributed by atoms with Gasteiger partial charge in [-0.05, 0) is 129 Å². The molecule has 3 aliphatic rings. The summed E-state index contributed by atoms with van der Waals surface area (Å²) >= 11 is 1.71. The molecule has 0 radical (unpaired) electrons. The Kier molecular flexibility index (Phi) is 52.0. The first-order valence-corrected chi connectivity index (χ1v) is 46.0. The Bertz CT molecular complexity index is 4320. The van der Waals surface area contributed by atoms with Crippen LogP contribution in [0.1, 0.15) is 183 Å². The summed E-state index contributed by atoms with van der Waals surface area (Å²) in [5, 5.41) is 131. The monoisotopic (exact) mass is 1980 g/mol. The standard InChI is InChI=1S/C81H136N28O28S/c1-37(2)30-48(72(130)104-49(32-61(119)120)73(131)106-51(34-110)74(132)100-44(16-12-28-91-80(87)88)66(124)94-39(5)63(121)92-33-58(114)97-52(35-111)76(134)109-29-13-17-54(109)75(133)102-45(20-23-56(82)112)71(129)105-50(77(135)136)31-38(3)4)103-70(128)47(22-25-60(117)118)101-69(127)46(21-24-59(115)116)98-65(123)41(7)93-64(122)40(6)95-67(125)43(15-11-27-90-79(85)86)99-68(126)42(14-10-26-89-78(83)84)96-57(113)19-9-8-18-55-62-53(36-138-55)107-81(137)108-62/h37-55,62,110-111H,8-36H2,1-7H3,(H2,82,112)(H,92,121)(H,93,122)(H,94,124)(H,95,125)(H,96,113)(H,97,114)(H,98,123)(H,99,126)(H,100,132)(H,101,127)(H,102,133)(H,103,128)(H,104,130)(H,105,129)(H,106,131)(H,115,116)(H,117,118)(H,119,120)(H,135,136)(H4,83,84,89)(H4,85,86,90)(H4,87,88,91)(H2,107,108,137)/t39-,40-,41-,42-,43-,44-,45-,46-,47-,48-,49-,50-,51-,52-,53-,54-,55-,62-/m0/s1. The summed E-state index contributed by atoms with van der Waals surface area (Å²) in [6.45, 7) is 6.62. The first kappa shape index (κ1) is 118. The van der Waals surface area contributed by atoms with Crippen LogP contribution >= 0.6 is 11.8 Å². The van der Waals surface area contributed by atoms with E-state index >= 15 is 0 Å². The summed E-state index contributed by atoms with van der Waals surface area (Å²) in [6, 6.07) is -25.2. The van der Waals surface area contributed by atoms with Gasteiger partial charge in [0, 0.05) is 62.9 Å². The van der Waals surface area contributed by atoms with Crippen LogP contribution in [-0.4, -0.2) is 343 Å². The molecule has 19 amide bonds. The van der Waals surface area contributed by atoms with Crippen molar-refractivity contribution >= 4 is 160 Å². The van der Waals surface area contributed by atoms with E-state index < -0.39 is 291 Å². The molecule has 774 valence electrons. The van der Waals surface area contributed by atoms with Crippen molar-refractivity contribution in [2.45, 2.75) is 291 Å². The van der Waals surface area contributed by atoms with Crippen molar-refractivity contribution in [3.8, 4) is 0 Å². The van der Waals surface area contributed by atoms with Gasteiger partial charge in [-0.15, -0.1) is 0 Å². The van der Waals surface area contributed by atoms with E-state index in [1.165, 1.54) is 20.8 Å². The van der Waals surface area contributed by atoms with Gasteiger partial charge in [0.05, 0.1) is 38.3 Å². The van der Waals surface area contributed by atoms with Crippen LogP contribution in [-0.2, 0) is 101 Å². The van der Waals surface area contributed by atoms with Gasteiger partial charge in [0.2, 0.25) is 100 Å². The number of aliphatic hydroxyl groups is 2. The van der Waals surface area contributed by atoms with Crippen LogP contribution in [0.2, 0.25) is 0 Å². The highest BCUT2D eigenvalue weighted by Gasteiger charge is 2.45. The number of nitrogens with two attached hydrogens (primary N) is 4. The molecule has 0 aromatic rings. The van der Waals surface area contributed by atoms with E-state index in [2.05, 4.69) is 106 Å². The smallest absolute Gasteiger partial charge is 0.326 e. The number of hydrogen-bond acceptors (Lipinski definition) is 28. The minimum Gasteiger partial charge on any atom is -0.481 e. The van der Waals surface area contributed by atoms with Crippen LogP contribution in [0.5, 0.6) is 0 Å². The number of aliphatic carboxylic acids is 4. The highest BCUT2D eigenvalue weighted by atomic mass is 32.2. The number of hydrogen-bond donors (Lipinski definition) is 33. The van der Waals surface area contributed by atoms with Gasteiger partial charge in [-0.3, -0.25) is 112 Å². The molecule has 138 heavy (non-hydrogen) atoms. The van der Waals surface area contributed by atoms with Gasteiger partial charge >= 0.3 is 29.9 Å². The number of primary amides is 1. The Morgan fingerprint density at radius 2 is 0.790 bits per heavy atom. The number of carboxylic acids is 4. The zero-order chi connectivity index (χ0) is 104.